The summed E-state index contributed by atoms with van der Waals surface area (Å²) in [5.74, 6) is 0.807. The van der Waals surface area contributed by atoms with Crippen molar-refractivity contribution in [2.24, 2.45) is 5.92 Å². The molecule has 0 spiro atoms. The van der Waals surface area contributed by atoms with E-state index in [1.807, 2.05) is 0 Å². The molecule has 1 unspecified atom stereocenters. The van der Waals surface area contributed by atoms with Gasteiger partial charge in [-0.2, -0.15) is 0 Å². The predicted molar refractivity (Wildman–Crippen MR) is 75.1 cm³/mol. The first kappa shape index (κ1) is 12.1. The van der Waals surface area contributed by atoms with Crippen LogP contribution in [0.15, 0.2) is 11.6 Å². The van der Waals surface area contributed by atoms with Crippen LogP contribution < -0.4 is 5.32 Å². The Labute approximate surface area is 112 Å². The fourth-order valence-corrected chi connectivity index (χ4v) is 3.52. The van der Waals surface area contributed by atoms with Crippen LogP contribution in [0.4, 0.5) is 0 Å². The van der Waals surface area contributed by atoms with Crippen molar-refractivity contribution in [2.45, 2.75) is 19.9 Å². The number of hydrogen-bond donors (Lipinski definition) is 1. The number of aromatic nitrogens is 2. The van der Waals surface area contributed by atoms with E-state index in [1.54, 1.807) is 11.3 Å². The van der Waals surface area contributed by atoms with Gasteiger partial charge in [0.15, 0.2) is 4.96 Å². The third-order valence-corrected chi connectivity index (χ3v) is 4.53. The summed E-state index contributed by atoms with van der Waals surface area (Å²) in [5, 5.41) is 5.68. The Morgan fingerprint density at radius 3 is 3.22 bits per heavy atom. The van der Waals surface area contributed by atoms with Crippen LogP contribution in [0.3, 0.4) is 0 Å². The van der Waals surface area contributed by atoms with Crippen molar-refractivity contribution >= 4 is 16.3 Å². The molecular weight excluding hydrogens is 244 g/mol. The topological polar surface area (TPSA) is 32.6 Å². The van der Waals surface area contributed by atoms with Crippen LogP contribution in [0.1, 0.15) is 17.8 Å². The number of nitrogens with zero attached hydrogens (tertiary/aromatic N) is 3. The van der Waals surface area contributed by atoms with Gasteiger partial charge in [-0.25, -0.2) is 4.98 Å². The molecule has 1 aliphatic rings. The fraction of sp³-hybridized carbons (Fsp3) is 0.615. The summed E-state index contributed by atoms with van der Waals surface area (Å²) >= 11 is 1.70. The monoisotopic (exact) mass is 264 g/mol. The van der Waals surface area contributed by atoms with E-state index in [9.17, 15) is 0 Å². The molecule has 0 aliphatic carbocycles. The minimum Gasteiger partial charge on any atom is -0.311 e. The van der Waals surface area contributed by atoms with Gasteiger partial charge < -0.3 is 10.2 Å². The van der Waals surface area contributed by atoms with E-state index in [1.165, 1.54) is 25.2 Å². The van der Waals surface area contributed by atoms with Crippen LogP contribution in [0.5, 0.6) is 0 Å². The lowest BCUT2D eigenvalue weighted by Crippen LogP contribution is -2.25. The van der Waals surface area contributed by atoms with Crippen LogP contribution in [0.2, 0.25) is 0 Å². The van der Waals surface area contributed by atoms with E-state index in [0.29, 0.717) is 0 Å². The molecule has 3 rings (SSSR count). The molecule has 1 atom stereocenters. The molecule has 0 aromatic carbocycles. The Morgan fingerprint density at radius 1 is 1.56 bits per heavy atom. The second kappa shape index (κ2) is 4.99. The van der Waals surface area contributed by atoms with Gasteiger partial charge in [-0.05, 0) is 39.4 Å². The highest BCUT2D eigenvalue weighted by Crippen LogP contribution is 2.17. The van der Waals surface area contributed by atoms with Gasteiger partial charge in [-0.3, -0.25) is 4.40 Å². The maximum absolute atomic E-state index is 4.57. The lowest BCUT2D eigenvalue weighted by atomic mass is 10.1. The van der Waals surface area contributed by atoms with Crippen molar-refractivity contribution in [3.63, 3.8) is 0 Å². The first-order chi connectivity index (χ1) is 8.74. The van der Waals surface area contributed by atoms with Gasteiger partial charge in [0.1, 0.15) is 0 Å². The van der Waals surface area contributed by atoms with Crippen molar-refractivity contribution in [3.05, 3.63) is 23.0 Å². The summed E-state index contributed by atoms with van der Waals surface area (Å²) in [6.07, 6.45) is 3.43. The van der Waals surface area contributed by atoms with E-state index in [0.717, 1.165) is 29.7 Å². The zero-order valence-corrected chi connectivity index (χ0v) is 11.8. The average molecular weight is 264 g/mol. The number of fused-ring (bicyclic) bond motifs is 1. The van der Waals surface area contributed by atoms with E-state index in [2.05, 4.69) is 45.1 Å². The first-order valence-electron chi connectivity index (χ1n) is 6.54. The molecule has 18 heavy (non-hydrogen) atoms. The summed E-state index contributed by atoms with van der Waals surface area (Å²) in [6, 6.07) is 0. The fourth-order valence-electron chi connectivity index (χ4n) is 2.74. The number of aryl methyl sites for hydroxylation is 1. The Morgan fingerprint density at radius 2 is 2.44 bits per heavy atom. The molecule has 3 heterocycles. The quantitative estimate of drug-likeness (QED) is 0.913. The summed E-state index contributed by atoms with van der Waals surface area (Å²) in [7, 11) is 2.20. The maximum Gasteiger partial charge on any atom is 0.194 e. The number of rotatable bonds is 4. The minimum atomic E-state index is 0.807. The second-order valence-corrected chi connectivity index (χ2v) is 6.12. The standard InChI is InChI=1S/C13H20N4S/c1-10-12(17-5-6-18-13(17)15-10)8-14-7-11-3-4-16(2)9-11/h5-6,11,14H,3-4,7-9H2,1-2H3. The third-order valence-electron chi connectivity index (χ3n) is 3.78. The highest BCUT2D eigenvalue weighted by molar-refractivity contribution is 7.15. The molecule has 1 N–H and O–H groups in total. The van der Waals surface area contributed by atoms with Crippen LogP contribution >= 0.6 is 11.3 Å². The first-order valence-corrected chi connectivity index (χ1v) is 7.42. The molecule has 0 bridgehead atoms. The molecule has 5 heteroatoms. The van der Waals surface area contributed by atoms with Crippen molar-refractivity contribution in [1.29, 1.82) is 0 Å². The molecule has 98 valence electrons. The van der Waals surface area contributed by atoms with Gasteiger partial charge in [0.2, 0.25) is 0 Å². The zero-order valence-electron chi connectivity index (χ0n) is 11.0. The number of thiazole rings is 1. The van der Waals surface area contributed by atoms with Crippen LogP contribution in [0, 0.1) is 12.8 Å². The number of nitrogens with one attached hydrogen (secondary N) is 1. The van der Waals surface area contributed by atoms with Crippen molar-refractivity contribution in [1.82, 2.24) is 19.6 Å². The molecule has 2 aromatic heterocycles. The minimum absolute atomic E-state index is 0.807. The highest BCUT2D eigenvalue weighted by atomic mass is 32.1. The van der Waals surface area contributed by atoms with Crippen LogP contribution in [-0.2, 0) is 6.54 Å². The molecule has 0 radical (unpaired) electrons. The van der Waals surface area contributed by atoms with Gasteiger partial charge in [0.05, 0.1) is 11.4 Å². The predicted octanol–water partition coefficient (Wildman–Crippen LogP) is 1.75. The summed E-state index contributed by atoms with van der Waals surface area (Å²) in [4.78, 5) is 8.08. The van der Waals surface area contributed by atoms with E-state index < -0.39 is 0 Å². The number of hydrogen-bond acceptors (Lipinski definition) is 4. The lowest BCUT2D eigenvalue weighted by molar-refractivity contribution is 0.388. The Bertz CT molecular complexity index is 530. The molecular formula is C13H20N4S. The molecule has 0 saturated carbocycles. The van der Waals surface area contributed by atoms with Crippen molar-refractivity contribution in [3.8, 4) is 0 Å². The average Bonchev–Trinajstić information content (AvgIpc) is 2.99. The van der Waals surface area contributed by atoms with Gasteiger partial charge in [-0.15, -0.1) is 11.3 Å². The van der Waals surface area contributed by atoms with Crippen molar-refractivity contribution < 1.29 is 0 Å². The summed E-state index contributed by atoms with van der Waals surface area (Å²) in [6.45, 7) is 6.60. The van der Waals surface area contributed by atoms with Crippen LogP contribution in [-0.4, -0.2) is 41.0 Å². The largest absolute Gasteiger partial charge is 0.311 e. The van der Waals surface area contributed by atoms with Crippen LogP contribution in [0.25, 0.3) is 4.96 Å². The summed E-state index contributed by atoms with van der Waals surface area (Å²) < 4.78 is 2.20. The Hall–Kier alpha value is -0.910. The highest BCUT2D eigenvalue weighted by Gasteiger charge is 2.19. The number of imidazole rings is 1. The number of likely N-dealkylation sites (tertiary alicyclic amines) is 1. The second-order valence-electron chi connectivity index (χ2n) is 5.25. The van der Waals surface area contributed by atoms with Gasteiger partial charge >= 0.3 is 0 Å². The molecule has 1 fully saturated rings. The molecule has 2 aromatic rings. The third kappa shape index (κ3) is 2.30. The van der Waals surface area contributed by atoms with Gasteiger partial charge in [0.25, 0.3) is 0 Å². The SMILES string of the molecule is Cc1nc2sccn2c1CNCC1CCN(C)C1. The molecule has 4 nitrogen and oxygen atoms in total. The lowest BCUT2D eigenvalue weighted by Gasteiger charge is -2.11. The molecule has 0 amide bonds. The van der Waals surface area contributed by atoms with Crippen molar-refractivity contribution in [2.75, 3.05) is 26.7 Å². The molecule has 1 aliphatic heterocycles. The molecule has 1 saturated heterocycles. The van der Waals surface area contributed by atoms with Gasteiger partial charge in [-0.1, -0.05) is 0 Å². The summed E-state index contributed by atoms with van der Waals surface area (Å²) in [5.41, 5.74) is 2.45. The Kier molecular flexibility index (Phi) is 3.37. The maximum atomic E-state index is 4.57. The smallest absolute Gasteiger partial charge is 0.194 e. The zero-order chi connectivity index (χ0) is 12.5. The Balaban J connectivity index is 1.59. The normalized spacial score (nSPS) is 21.1. The van der Waals surface area contributed by atoms with Gasteiger partial charge in [0, 0.05) is 24.7 Å². The van der Waals surface area contributed by atoms with E-state index in [-0.39, 0.29) is 0 Å². The van der Waals surface area contributed by atoms with E-state index >= 15 is 0 Å². The van der Waals surface area contributed by atoms with E-state index in [4.69, 9.17) is 0 Å².